The third kappa shape index (κ3) is 3.47. The summed E-state index contributed by atoms with van der Waals surface area (Å²) in [7, 11) is 1.84. The van der Waals surface area contributed by atoms with Gasteiger partial charge < -0.3 is 9.80 Å². The van der Waals surface area contributed by atoms with Crippen molar-refractivity contribution >= 4 is 11.8 Å². The van der Waals surface area contributed by atoms with Crippen LogP contribution in [0, 0.1) is 11.8 Å². The zero-order valence-corrected chi connectivity index (χ0v) is 12.3. The number of hydrogen-bond donors (Lipinski definition) is 0. The van der Waals surface area contributed by atoms with Crippen LogP contribution in [0.4, 0.5) is 0 Å². The van der Waals surface area contributed by atoms with E-state index in [1.54, 1.807) is 4.90 Å². The Hall–Kier alpha value is -1.06. The van der Waals surface area contributed by atoms with Crippen LogP contribution < -0.4 is 0 Å². The lowest BCUT2D eigenvalue weighted by Crippen LogP contribution is -2.48. The highest BCUT2D eigenvalue weighted by Gasteiger charge is 2.31. The topological polar surface area (TPSA) is 40.6 Å². The third-order valence-corrected chi connectivity index (χ3v) is 3.70. The summed E-state index contributed by atoms with van der Waals surface area (Å²) in [6, 6.07) is 0.216. The number of carbonyl (C=O) groups is 2. The summed E-state index contributed by atoms with van der Waals surface area (Å²) in [5, 5.41) is 0. The summed E-state index contributed by atoms with van der Waals surface area (Å²) in [6.45, 7) is 9.23. The second-order valence-corrected chi connectivity index (χ2v) is 5.82. The first-order chi connectivity index (χ1) is 8.34. The summed E-state index contributed by atoms with van der Waals surface area (Å²) in [6.07, 6.45) is 1.83. The van der Waals surface area contributed by atoms with Gasteiger partial charge >= 0.3 is 0 Å². The average molecular weight is 254 g/mol. The Kier molecular flexibility index (Phi) is 5.17. The molecule has 1 heterocycles. The van der Waals surface area contributed by atoms with Gasteiger partial charge in [-0.3, -0.25) is 9.59 Å². The van der Waals surface area contributed by atoms with E-state index in [4.69, 9.17) is 0 Å². The van der Waals surface area contributed by atoms with Gasteiger partial charge in [0.2, 0.25) is 11.8 Å². The summed E-state index contributed by atoms with van der Waals surface area (Å²) in [5.74, 6) is 0.335. The van der Waals surface area contributed by atoms with E-state index >= 15 is 0 Å². The summed E-state index contributed by atoms with van der Waals surface area (Å²) < 4.78 is 0. The molecule has 0 aromatic rings. The van der Waals surface area contributed by atoms with Gasteiger partial charge in [-0.25, -0.2) is 0 Å². The van der Waals surface area contributed by atoms with E-state index in [1.165, 1.54) is 0 Å². The maximum Gasteiger partial charge on any atom is 0.227 e. The molecular weight excluding hydrogens is 228 g/mol. The van der Waals surface area contributed by atoms with Crippen molar-refractivity contribution < 1.29 is 9.59 Å². The maximum absolute atomic E-state index is 12.3. The first-order valence-electron chi connectivity index (χ1n) is 6.90. The molecule has 1 saturated heterocycles. The fourth-order valence-electron chi connectivity index (χ4n) is 2.29. The van der Waals surface area contributed by atoms with Crippen LogP contribution in [0.5, 0.6) is 0 Å². The van der Waals surface area contributed by atoms with Gasteiger partial charge in [-0.1, -0.05) is 13.8 Å². The van der Waals surface area contributed by atoms with Gasteiger partial charge in [0.25, 0.3) is 0 Å². The lowest BCUT2D eigenvalue weighted by atomic mass is 9.95. The Balaban J connectivity index is 2.64. The van der Waals surface area contributed by atoms with Crippen molar-refractivity contribution in [1.82, 2.24) is 9.80 Å². The normalized spacial score (nSPS) is 20.4. The van der Waals surface area contributed by atoms with Crippen molar-refractivity contribution in [2.75, 3.05) is 20.1 Å². The van der Waals surface area contributed by atoms with Crippen LogP contribution in [-0.2, 0) is 9.59 Å². The third-order valence-electron chi connectivity index (χ3n) is 3.70. The standard InChI is InChI=1S/C14H26N2O2/c1-10(2)13(17)16-8-6-7-12(9-16)14(18)15(5)11(3)4/h10-12H,6-9H2,1-5H3. The van der Waals surface area contributed by atoms with Gasteiger partial charge in [-0.05, 0) is 26.7 Å². The molecule has 1 aliphatic rings. The Morgan fingerprint density at radius 1 is 1.22 bits per heavy atom. The van der Waals surface area contributed by atoms with E-state index in [0.29, 0.717) is 6.54 Å². The van der Waals surface area contributed by atoms with Crippen LogP contribution in [0.2, 0.25) is 0 Å². The van der Waals surface area contributed by atoms with Gasteiger partial charge in [0, 0.05) is 32.1 Å². The molecule has 18 heavy (non-hydrogen) atoms. The van der Waals surface area contributed by atoms with Gasteiger partial charge in [-0.2, -0.15) is 0 Å². The molecule has 0 spiro atoms. The molecular formula is C14H26N2O2. The van der Waals surface area contributed by atoms with Gasteiger partial charge in [0.1, 0.15) is 0 Å². The number of carbonyl (C=O) groups excluding carboxylic acids is 2. The molecule has 0 bridgehead atoms. The Morgan fingerprint density at radius 3 is 2.33 bits per heavy atom. The maximum atomic E-state index is 12.3. The molecule has 2 amide bonds. The molecule has 1 unspecified atom stereocenters. The lowest BCUT2D eigenvalue weighted by molar-refractivity contribution is -0.142. The average Bonchev–Trinajstić information content (AvgIpc) is 2.35. The largest absolute Gasteiger partial charge is 0.343 e. The van der Waals surface area contributed by atoms with Gasteiger partial charge in [-0.15, -0.1) is 0 Å². The smallest absolute Gasteiger partial charge is 0.227 e. The lowest BCUT2D eigenvalue weighted by Gasteiger charge is -2.35. The number of nitrogens with zero attached hydrogens (tertiary/aromatic N) is 2. The van der Waals surface area contributed by atoms with Crippen LogP contribution in [0.15, 0.2) is 0 Å². The molecule has 104 valence electrons. The highest BCUT2D eigenvalue weighted by molar-refractivity contribution is 5.82. The van der Waals surface area contributed by atoms with Crippen LogP contribution in [-0.4, -0.2) is 47.8 Å². The summed E-state index contributed by atoms with van der Waals surface area (Å²) in [5.41, 5.74) is 0. The van der Waals surface area contributed by atoms with E-state index in [9.17, 15) is 9.59 Å². The number of amides is 2. The van der Waals surface area contributed by atoms with Crippen LogP contribution in [0.3, 0.4) is 0 Å². The van der Waals surface area contributed by atoms with Crippen LogP contribution in [0.25, 0.3) is 0 Å². The molecule has 0 radical (unpaired) electrons. The molecule has 1 atom stereocenters. The highest BCUT2D eigenvalue weighted by atomic mass is 16.2. The second kappa shape index (κ2) is 6.21. The fourth-order valence-corrected chi connectivity index (χ4v) is 2.29. The van der Waals surface area contributed by atoms with Gasteiger partial charge in [0.15, 0.2) is 0 Å². The molecule has 1 fully saturated rings. The van der Waals surface area contributed by atoms with Crippen LogP contribution >= 0.6 is 0 Å². The first kappa shape index (κ1) is 15.0. The summed E-state index contributed by atoms with van der Waals surface area (Å²) >= 11 is 0. The van der Waals surface area contributed by atoms with E-state index in [0.717, 1.165) is 19.4 Å². The molecule has 0 saturated carbocycles. The molecule has 0 aromatic heterocycles. The zero-order valence-electron chi connectivity index (χ0n) is 12.3. The molecule has 0 N–H and O–H groups in total. The van der Waals surface area contributed by atoms with Crippen molar-refractivity contribution in [1.29, 1.82) is 0 Å². The van der Waals surface area contributed by atoms with Crippen molar-refractivity contribution in [3.63, 3.8) is 0 Å². The molecule has 1 rings (SSSR count). The zero-order chi connectivity index (χ0) is 13.9. The highest BCUT2D eigenvalue weighted by Crippen LogP contribution is 2.20. The monoisotopic (exact) mass is 254 g/mol. The van der Waals surface area contributed by atoms with E-state index in [-0.39, 0.29) is 29.7 Å². The molecule has 0 aromatic carbocycles. The molecule has 4 nitrogen and oxygen atoms in total. The summed E-state index contributed by atoms with van der Waals surface area (Å²) in [4.78, 5) is 27.9. The second-order valence-electron chi connectivity index (χ2n) is 5.82. The fraction of sp³-hybridized carbons (Fsp3) is 0.857. The van der Waals surface area contributed by atoms with E-state index in [2.05, 4.69) is 0 Å². The van der Waals surface area contributed by atoms with E-state index < -0.39 is 0 Å². The number of hydrogen-bond acceptors (Lipinski definition) is 2. The SMILES string of the molecule is CC(C)C(=O)N1CCCC(C(=O)N(C)C(C)C)C1. The number of piperidine rings is 1. The minimum Gasteiger partial charge on any atom is -0.343 e. The van der Waals surface area contributed by atoms with Crippen molar-refractivity contribution in [2.45, 2.75) is 46.6 Å². The Bertz CT molecular complexity index is 313. The van der Waals surface area contributed by atoms with Crippen LogP contribution in [0.1, 0.15) is 40.5 Å². The predicted octanol–water partition coefficient (Wildman–Crippen LogP) is 1.75. The minimum atomic E-state index is -0.0196. The number of rotatable bonds is 3. The predicted molar refractivity (Wildman–Crippen MR) is 72.0 cm³/mol. The number of likely N-dealkylation sites (tertiary alicyclic amines) is 1. The molecule has 1 aliphatic heterocycles. The van der Waals surface area contributed by atoms with Crippen molar-refractivity contribution in [3.05, 3.63) is 0 Å². The van der Waals surface area contributed by atoms with Gasteiger partial charge in [0.05, 0.1) is 5.92 Å². The quantitative estimate of drug-likeness (QED) is 0.770. The Morgan fingerprint density at radius 2 is 1.83 bits per heavy atom. The van der Waals surface area contributed by atoms with Crippen molar-refractivity contribution in [2.24, 2.45) is 11.8 Å². The molecule has 4 heteroatoms. The Labute approximate surface area is 110 Å². The van der Waals surface area contributed by atoms with Crippen molar-refractivity contribution in [3.8, 4) is 0 Å². The first-order valence-corrected chi connectivity index (χ1v) is 6.90. The molecule has 0 aliphatic carbocycles. The minimum absolute atomic E-state index is 0.0154. The van der Waals surface area contributed by atoms with E-state index in [1.807, 2.05) is 39.6 Å².